The lowest BCUT2D eigenvalue weighted by molar-refractivity contribution is -0.123. The molecule has 0 aliphatic rings. The molecule has 1 atom stereocenters. The van der Waals surface area contributed by atoms with Crippen LogP contribution < -0.4 is 10.9 Å². The molecule has 0 aliphatic carbocycles. The van der Waals surface area contributed by atoms with Gasteiger partial charge in [-0.3, -0.25) is 20.4 Å². The number of furan rings is 1. The lowest BCUT2D eigenvalue weighted by Crippen LogP contribution is -2.44. The van der Waals surface area contributed by atoms with E-state index in [9.17, 15) is 9.59 Å². The summed E-state index contributed by atoms with van der Waals surface area (Å²) < 4.78 is 5.32. The number of hydrogen-bond acceptors (Lipinski definition) is 3. The van der Waals surface area contributed by atoms with E-state index in [4.69, 9.17) is 4.42 Å². The molecule has 122 valence electrons. The fourth-order valence-electron chi connectivity index (χ4n) is 2.55. The van der Waals surface area contributed by atoms with Gasteiger partial charge in [-0.2, -0.15) is 0 Å². The van der Waals surface area contributed by atoms with Crippen molar-refractivity contribution in [1.82, 2.24) is 10.9 Å². The summed E-state index contributed by atoms with van der Waals surface area (Å²) in [6, 6.07) is 11.2. The molecule has 0 saturated carbocycles. The van der Waals surface area contributed by atoms with Gasteiger partial charge in [0.1, 0.15) is 11.5 Å². The molecule has 2 rings (SSSR count). The van der Waals surface area contributed by atoms with Crippen LogP contribution in [0.1, 0.15) is 53.1 Å². The number of nitrogens with one attached hydrogen (secondary N) is 2. The molecule has 23 heavy (non-hydrogen) atoms. The molecule has 0 spiro atoms. The Hall–Kier alpha value is -2.56. The van der Waals surface area contributed by atoms with Crippen LogP contribution in [0.2, 0.25) is 0 Å². The molecule has 0 radical (unpaired) electrons. The highest BCUT2D eigenvalue weighted by Gasteiger charge is 2.21. The van der Waals surface area contributed by atoms with Crippen LogP contribution in [0.4, 0.5) is 0 Å². The Morgan fingerprint density at radius 1 is 1.13 bits per heavy atom. The number of aryl methyl sites for hydroxylation is 2. The van der Waals surface area contributed by atoms with Gasteiger partial charge < -0.3 is 4.42 Å². The maximum Gasteiger partial charge on any atom is 0.273 e. The molecule has 1 heterocycles. The second-order valence-electron chi connectivity index (χ2n) is 5.52. The molecule has 2 amide bonds. The Morgan fingerprint density at radius 3 is 2.39 bits per heavy atom. The summed E-state index contributed by atoms with van der Waals surface area (Å²) in [6.45, 7) is 5.52. The van der Waals surface area contributed by atoms with Crippen LogP contribution in [-0.2, 0) is 4.79 Å². The van der Waals surface area contributed by atoms with E-state index in [-0.39, 0.29) is 17.7 Å². The van der Waals surface area contributed by atoms with Gasteiger partial charge >= 0.3 is 0 Å². The van der Waals surface area contributed by atoms with E-state index < -0.39 is 0 Å². The molecule has 0 saturated heterocycles. The molecule has 2 N–H and O–H groups in total. The Balaban J connectivity index is 2.02. The Bertz CT molecular complexity index is 677. The molecule has 0 fully saturated rings. The maximum atomic E-state index is 12.4. The number of hydrogen-bond donors (Lipinski definition) is 2. The van der Waals surface area contributed by atoms with Gasteiger partial charge in [0.2, 0.25) is 5.91 Å². The first-order valence-corrected chi connectivity index (χ1v) is 7.75. The highest BCUT2D eigenvalue weighted by atomic mass is 16.3. The highest BCUT2D eigenvalue weighted by molar-refractivity contribution is 5.96. The third-order valence-electron chi connectivity index (χ3n) is 3.68. The summed E-state index contributed by atoms with van der Waals surface area (Å²) in [4.78, 5) is 24.5. The predicted octanol–water partition coefficient (Wildman–Crippen LogP) is 3.24. The van der Waals surface area contributed by atoms with Crippen LogP contribution in [0.25, 0.3) is 0 Å². The first-order chi connectivity index (χ1) is 11.0. The van der Waals surface area contributed by atoms with Crippen molar-refractivity contribution >= 4 is 11.8 Å². The van der Waals surface area contributed by atoms with Gasteiger partial charge in [-0.05, 0) is 31.9 Å². The third-order valence-corrected chi connectivity index (χ3v) is 3.68. The zero-order chi connectivity index (χ0) is 16.8. The average Bonchev–Trinajstić information content (AvgIpc) is 2.89. The zero-order valence-electron chi connectivity index (χ0n) is 13.7. The van der Waals surface area contributed by atoms with Gasteiger partial charge in [-0.1, -0.05) is 43.7 Å². The van der Waals surface area contributed by atoms with E-state index in [1.54, 1.807) is 19.9 Å². The fourth-order valence-corrected chi connectivity index (χ4v) is 2.55. The summed E-state index contributed by atoms with van der Waals surface area (Å²) in [5, 5.41) is 0. The van der Waals surface area contributed by atoms with Crippen LogP contribution in [0, 0.1) is 13.8 Å². The Labute approximate surface area is 136 Å². The van der Waals surface area contributed by atoms with Crippen molar-refractivity contribution in [2.45, 2.75) is 39.5 Å². The first kappa shape index (κ1) is 16.8. The molecular formula is C18H22N2O3. The minimum atomic E-state index is -0.379. The Morgan fingerprint density at radius 2 is 1.83 bits per heavy atom. The van der Waals surface area contributed by atoms with Gasteiger partial charge in [-0.15, -0.1) is 0 Å². The molecule has 1 aromatic heterocycles. The predicted molar refractivity (Wildman–Crippen MR) is 87.9 cm³/mol. The second kappa shape index (κ2) is 7.63. The third kappa shape index (κ3) is 4.22. The molecule has 2 aromatic rings. The van der Waals surface area contributed by atoms with Gasteiger partial charge in [0.15, 0.2) is 0 Å². The van der Waals surface area contributed by atoms with Crippen LogP contribution in [0.3, 0.4) is 0 Å². The zero-order valence-corrected chi connectivity index (χ0v) is 13.7. The maximum absolute atomic E-state index is 12.4. The number of carbonyl (C=O) groups is 2. The van der Waals surface area contributed by atoms with Crippen molar-refractivity contribution in [1.29, 1.82) is 0 Å². The number of amides is 2. The van der Waals surface area contributed by atoms with Gasteiger partial charge in [-0.25, -0.2) is 0 Å². The highest BCUT2D eigenvalue weighted by Crippen LogP contribution is 2.21. The van der Waals surface area contributed by atoms with E-state index in [0.717, 1.165) is 18.4 Å². The fraction of sp³-hybridized carbons (Fsp3) is 0.333. The molecule has 0 unspecified atom stereocenters. The number of benzene rings is 1. The van der Waals surface area contributed by atoms with Crippen molar-refractivity contribution in [2.24, 2.45) is 0 Å². The van der Waals surface area contributed by atoms with Crippen LogP contribution in [-0.4, -0.2) is 11.8 Å². The summed E-state index contributed by atoms with van der Waals surface area (Å²) in [6.07, 6.45) is 1.59. The molecule has 0 aliphatic heterocycles. The van der Waals surface area contributed by atoms with E-state index in [2.05, 4.69) is 10.9 Å². The molecule has 1 aromatic carbocycles. The monoisotopic (exact) mass is 314 g/mol. The van der Waals surface area contributed by atoms with Crippen LogP contribution in [0.15, 0.2) is 40.8 Å². The first-order valence-electron chi connectivity index (χ1n) is 7.75. The van der Waals surface area contributed by atoms with Crippen molar-refractivity contribution in [3.8, 4) is 0 Å². The summed E-state index contributed by atoms with van der Waals surface area (Å²) in [5.41, 5.74) is 6.35. The van der Waals surface area contributed by atoms with E-state index in [1.807, 2.05) is 37.3 Å². The van der Waals surface area contributed by atoms with Gasteiger partial charge in [0.25, 0.3) is 5.91 Å². The standard InChI is InChI=1S/C18H22N2O3/c1-4-8-15(14-9-6-5-7-10-14)17(21)19-20-18(22)16-11-12(2)23-13(16)3/h5-7,9-11,15H,4,8H2,1-3H3,(H,19,21)(H,20,22)/t15-/m1/s1. The van der Waals surface area contributed by atoms with Gasteiger partial charge in [0, 0.05) is 0 Å². The quantitative estimate of drug-likeness (QED) is 0.832. The van der Waals surface area contributed by atoms with Crippen LogP contribution >= 0.6 is 0 Å². The lowest BCUT2D eigenvalue weighted by atomic mass is 9.94. The number of hydrazine groups is 1. The Kier molecular flexibility index (Phi) is 5.57. The van der Waals surface area contributed by atoms with Crippen molar-refractivity contribution < 1.29 is 14.0 Å². The molecule has 5 nitrogen and oxygen atoms in total. The summed E-state index contributed by atoms with van der Waals surface area (Å²) in [5.74, 6) is 0.309. The number of carbonyl (C=O) groups excluding carboxylic acids is 2. The topological polar surface area (TPSA) is 71.3 Å². The largest absolute Gasteiger partial charge is 0.466 e. The number of rotatable bonds is 5. The normalized spacial score (nSPS) is 11.8. The van der Waals surface area contributed by atoms with E-state index in [1.165, 1.54) is 0 Å². The van der Waals surface area contributed by atoms with E-state index in [0.29, 0.717) is 17.1 Å². The second-order valence-corrected chi connectivity index (χ2v) is 5.52. The average molecular weight is 314 g/mol. The van der Waals surface area contributed by atoms with Crippen molar-refractivity contribution in [3.05, 3.63) is 59.0 Å². The van der Waals surface area contributed by atoms with E-state index >= 15 is 0 Å². The van der Waals surface area contributed by atoms with Crippen molar-refractivity contribution in [3.63, 3.8) is 0 Å². The molecule has 0 bridgehead atoms. The minimum Gasteiger partial charge on any atom is -0.466 e. The minimum absolute atomic E-state index is 0.218. The van der Waals surface area contributed by atoms with Crippen molar-refractivity contribution in [2.75, 3.05) is 0 Å². The molecule has 5 heteroatoms. The van der Waals surface area contributed by atoms with Crippen LogP contribution in [0.5, 0.6) is 0 Å². The smallest absolute Gasteiger partial charge is 0.273 e. The lowest BCUT2D eigenvalue weighted by Gasteiger charge is -2.16. The summed E-state index contributed by atoms with van der Waals surface area (Å²) >= 11 is 0. The van der Waals surface area contributed by atoms with Gasteiger partial charge in [0.05, 0.1) is 11.5 Å². The SMILES string of the molecule is CCC[C@@H](C(=O)NNC(=O)c1cc(C)oc1C)c1ccccc1. The molecular weight excluding hydrogens is 292 g/mol. The summed E-state index contributed by atoms with van der Waals surface area (Å²) in [7, 11) is 0.